The third kappa shape index (κ3) is 3.39. The van der Waals surface area contributed by atoms with Gasteiger partial charge in [0.2, 0.25) is 11.8 Å². The van der Waals surface area contributed by atoms with Crippen molar-refractivity contribution >= 4 is 5.95 Å². The molecule has 1 saturated heterocycles. The lowest BCUT2D eigenvalue weighted by molar-refractivity contribution is 0.231. The Labute approximate surface area is 121 Å². The molecule has 1 aromatic rings. The number of aromatic nitrogens is 2. The van der Waals surface area contributed by atoms with Gasteiger partial charge in [0.05, 0.1) is 6.10 Å². The summed E-state index contributed by atoms with van der Waals surface area (Å²) in [6.45, 7) is 9.84. The fraction of sp³-hybridized carbons (Fsp3) is 0.733. The van der Waals surface area contributed by atoms with Gasteiger partial charge >= 0.3 is 0 Å². The summed E-state index contributed by atoms with van der Waals surface area (Å²) in [7, 11) is 0. The van der Waals surface area contributed by atoms with Crippen LogP contribution in [0, 0.1) is 12.8 Å². The van der Waals surface area contributed by atoms with Gasteiger partial charge in [0.15, 0.2) is 0 Å². The standard InChI is InChI=1S/C15H26N4O/c1-10(2)20-14-8-12(4)17-15(18-14)19-7-5-6-11(3)13(19)9-16/h8,10-11,13H,5-7,9,16H2,1-4H3. The Morgan fingerprint density at radius 1 is 1.45 bits per heavy atom. The summed E-state index contributed by atoms with van der Waals surface area (Å²) in [6, 6.07) is 2.20. The number of aryl methyl sites for hydroxylation is 1. The molecular weight excluding hydrogens is 252 g/mol. The van der Waals surface area contributed by atoms with Crippen LogP contribution in [0.1, 0.15) is 39.3 Å². The predicted octanol–water partition coefficient (Wildman–Crippen LogP) is 2.14. The van der Waals surface area contributed by atoms with Crippen molar-refractivity contribution in [3.63, 3.8) is 0 Å². The van der Waals surface area contributed by atoms with Crippen molar-refractivity contribution in [2.24, 2.45) is 11.7 Å². The highest BCUT2D eigenvalue weighted by molar-refractivity contribution is 5.37. The first-order chi connectivity index (χ1) is 9.51. The van der Waals surface area contributed by atoms with Gasteiger partial charge in [-0.3, -0.25) is 0 Å². The van der Waals surface area contributed by atoms with E-state index in [-0.39, 0.29) is 6.10 Å². The molecule has 2 unspecified atom stereocenters. The number of ether oxygens (including phenoxy) is 1. The number of rotatable bonds is 4. The molecule has 1 aromatic heterocycles. The van der Waals surface area contributed by atoms with E-state index in [9.17, 15) is 0 Å². The molecule has 2 rings (SSSR count). The highest BCUT2D eigenvalue weighted by Gasteiger charge is 2.29. The predicted molar refractivity (Wildman–Crippen MR) is 81.1 cm³/mol. The van der Waals surface area contributed by atoms with Crippen molar-refractivity contribution < 1.29 is 4.74 Å². The maximum atomic E-state index is 5.95. The summed E-state index contributed by atoms with van der Waals surface area (Å²) < 4.78 is 5.71. The van der Waals surface area contributed by atoms with Crippen molar-refractivity contribution in [3.05, 3.63) is 11.8 Å². The van der Waals surface area contributed by atoms with Crippen molar-refractivity contribution in [2.45, 2.75) is 52.7 Å². The first kappa shape index (κ1) is 15.0. The Balaban J connectivity index is 2.28. The molecule has 2 atom stereocenters. The summed E-state index contributed by atoms with van der Waals surface area (Å²) in [5.41, 5.74) is 6.88. The SMILES string of the molecule is Cc1cc(OC(C)C)nc(N2CCCC(C)C2CN)n1. The Bertz CT molecular complexity index is 449. The third-order valence-corrected chi connectivity index (χ3v) is 3.79. The van der Waals surface area contributed by atoms with Gasteiger partial charge < -0.3 is 15.4 Å². The van der Waals surface area contributed by atoms with Gasteiger partial charge in [-0.1, -0.05) is 6.92 Å². The molecule has 2 N–H and O–H groups in total. The Kier molecular flexibility index (Phi) is 4.81. The third-order valence-electron chi connectivity index (χ3n) is 3.79. The van der Waals surface area contributed by atoms with Crippen LogP contribution in [0.3, 0.4) is 0 Å². The van der Waals surface area contributed by atoms with E-state index in [2.05, 4.69) is 21.8 Å². The van der Waals surface area contributed by atoms with Crippen LogP contribution in [0.2, 0.25) is 0 Å². The number of hydrogen-bond donors (Lipinski definition) is 1. The monoisotopic (exact) mass is 278 g/mol. The van der Waals surface area contributed by atoms with Crippen LogP contribution >= 0.6 is 0 Å². The van der Waals surface area contributed by atoms with E-state index in [0.717, 1.165) is 24.6 Å². The van der Waals surface area contributed by atoms with Crippen molar-refractivity contribution in [1.82, 2.24) is 9.97 Å². The fourth-order valence-corrected chi connectivity index (χ4v) is 2.81. The van der Waals surface area contributed by atoms with Crippen LogP contribution in [0.4, 0.5) is 5.95 Å². The van der Waals surface area contributed by atoms with Crippen LogP contribution in [-0.4, -0.2) is 35.2 Å². The summed E-state index contributed by atoms with van der Waals surface area (Å²) in [5, 5.41) is 0. The highest BCUT2D eigenvalue weighted by atomic mass is 16.5. The van der Waals surface area contributed by atoms with E-state index >= 15 is 0 Å². The molecule has 0 aromatic carbocycles. The van der Waals surface area contributed by atoms with E-state index in [1.54, 1.807) is 0 Å². The summed E-state index contributed by atoms with van der Waals surface area (Å²) >= 11 is 0. The second-order valence-corrected chi connectivity index (χ2v) is 5.93. The Morgan fingerprint density at radius 3 is 2.85 bits per heavy atom. The van der Waals surface area contributed by atoms with Crippen molar-refractivity contribution in [1.29, 1.82) is 0 Å². The van der Waals surface area contributed by atoms with Gasteiger partial charge in [-0.05, 0) is 39.5 Å². The number of hydrogen-bond acceptors (Lipinski definition) is 5. The molecule has 1 aliphatic rings. The maximum Gasteiger partial charge on any atom is 0.229 e. The van der Waals surface area contributed by atoms with Gasteiger partial charge in [-0.15, -0.1) is 0 Å². The minimum atomic E-state index is 0.114. The van der Waals surface area contributed by atoms with Gasteiger partial charge in [-0.2, -0.15) is 4.98 Å². The molecule has 20 heavy (non-hydrogen) atoms. The number of nitrogens with two attached hydrogens (primary N) is 1. The molecule has 5 nitrogen and oxygen atoms in total. The molecule has 0 bridgehead atoms. The van der Waals surface area contributed by atoms with Gasteiger partial charge in [-0.25, -0.2) is 4.98 Å². The minimum absolute atomic E-state index is 0.114. The Morgan fingerprint density at radius 2 is 2.20 bits per heavy atom. The van der Waals surface area contributed by atoms with E-state index in [4.69, 9.17) is 10.5 Å². The lowest BCUT2D eigenvalue weighted by atomic mass is 9.91. The zero-order valence-electron chi connectivity index (χ0n) is 13.0. The first-order valence-corrected chi connectivity index (χ1v) is 7.50. The molecule has 2 heterocycles. The molecular formula is C15H26N4O. The van der Waals surface area contributed by atoms with E-state index in [1.807, 2.05) is 26.8 Å². The van der Waals surface area contributed by atoms with Crippen LogP contribution < -0.4 is 15.4 Å². The zero-order valence-corrected chi connectivity index (χ0v) is 13.0. The summed E-state index contributed by atoms with van der Waals surface area (Å²) in [4.78, 5) is 11.4. The quantitative estimate of drug-likeness (QED) is 0.914. The minimum Gasteiger partial charge on any atom is -0.475 e. The fourth-order valence-electron chi connectivity index (χ4n) is 2.81. The van der Waals surface area contributed by atoms with Crippen LogP contribution in [0.5, 0.6) is 5.88 Å². The average molecular weight is 278 g/mol. The molecule has 0 radical (unpaired) electrons. The molecule has 112 valence electrons. The van der Waals surface area contributed by atoms with E-state index in [1.165, 1.54) is 6.42 Å². The average Bonchev–Trinajstić information content (AvgIpc) is 2.36. The smallest absolute Gasteiger partial charge is 0.229 e. The molecule has 0 saturated carbocycles. The molecule has 0 aliphatic carbocycles. The number of anilines is 1. The second-order valence-electron chi connectivity index (χ2n) is 5.93. The normalized spacial score (nSPS) is 23.2. The molecule has 1 fully saturated rings. The van der Waals surface area contributed by atoms with Crippen LogP contribution in [-0.2, 0) is 0 Å². The van der Waals surface area contributed by atoms with Gasteiger partial charge in [0, 0.05) is 30.9 Å². The molecule has 1 aliphatic heterocycles. The summed E-state index contributed by atoms with van der Waals surface area (Å²) in [5.74, 6) is 1.98. The van der Waals surface area contributed by atoms with Crippen molar-refractivity contribution in [3.8, 4) is 5.88 Å². The number of piperidine rings is 1. The summed E-state index contributed by atoms with van der Waals surface area (Å²) in [6.07, 6.45) is 2.50. The lowest BCUT2D eigenvalue weighted by Gasteiger charge is -2.39. The van der Waals surface area contributed by atoms with Crippen LogP contribution in [0.25, 0.3) is 0 Å². The first-order valence-electron chi connectivity index (χ1n) is 7.50. The molecule has 0 spiro atoms. The largest absolute Gasteiger partial charge is 0.475 e. The van der Waals surface area contributed by atoms with E-state index < -0.39 is 0 Å². The van der Waals surface area contributed by atoms with Crippen molar-refractivity contribution in [2.75, 3.05) is 18.0 Å². The zero-order chi connectivity index (χ0) is 14.7. The molecule has 5 heteroatoms. The van der Waals surface area contributed by atoms with Gasteiger partial charge in [0.1, 0.15) is 0 Å². The Hall–Kier alpha value is -1.36. The second kappa shape index (κ2) is 6.39. The van der Waals surface area contributed by atoms with Crippen LogP contribution in [0.15, 0.2) is 6.07 Å². The topological polar surface area (TPSA) is 64.3 Å². The maximum absolute atomic E-state index is 5.95. The van der Waals surface area contributed by atoms with Gasteiger partial charge in [0.25, 0.3) is 0 Å². The molecule has 0 amide bonds. The highest BCUT2D eigenvalue weighted by Crippen LogP contribution is 2.27. The lowest BCUT2D eigenvalue weighted by Crippen LogP contribution is -2.49. The number of nitrogens with zero attached hydrogens (tertiary/aromatic N) is 3. The van der Waals surface area contributed by atoms with E-state index in [0.29, 0.717) is 24.4 Å².